The molecule has 19 heavy (non-hydrogen) atoms. The second-order valence-electron chi connectivity index (χ2n) is 4.18. The SMILES string of the molecule is C=CC(O)CC(C)=NOS(=O)(=O)c1ccc(C)cc1. The van der Waals surface area contributed by atoms with Gasteiger partial charge < -0.3 is 5.11 Å². The fraction of sp³-hybridized carbons (Fsp3) is 0.308. The van der Waals surface area contributed by atoms with Crippen LogP contribution >= 0.6 is 0 Å². The fourth-order valence-electron chi connectivity index (χ4n) is 1.28. The first-order chi connectivity index (χ1) is 8.85. The Bertz CT molecular complexity index is 561. The molecule has 0 bridgehead atoms. The minimum absolute atomic E-state index is 0.0407. The highest BCUT2D eigenvalue weighted by atomic mass is 32.2. The molecule has 5 nitrogen and oxygen atoms in total. The Morgan fingerprint density at radius 2 is 2.05 bits per heavy atom. The normalized spacial score (nSPS) is 13.9. The molecule has 0 saturated heterocycles. The fourth-order valence-corrected chi connectivity index (χ4v) is 2.06. The lowest BCUT2D eigenvalue weighted by Crippen LogP contribution is -2.10. The number of benzene rings is 1. The van der Waals surface area contributed by atoms with Crippen molar-refractivity contribution in [3.63, 3.8) is 0 Å². The third-order valence-corrected chi connectivity index (χ3v) is 3.50. The lowest BCUT2D eigenvalue weighted by Gasteiger charge is -2.05. The molecule has 0 saturated carbocycles. The van der Waals surface area contributed by atoms with Gasteiger partial charge in [0, 0.05) is 6.42 Å². The van der Waals surface area contributed by atoms with Crippen LogP contribution in [0.15, 0.2) is 47.0 Å². The van der Waals surface area contributed by atoms with Gasteiger partial charge in [-0.15, -0.1) is 6.58 Å². The maximum absolute atomic E-state index is 11.8. The molecule has 1 rings (SSSR count). The first-order valence-electron chi connectivity index (χ1n) is 5.69. The van der Waals surface area contributed by atoms with E-state index in [2.05, 4.69) is 16.0 Å². The average Bonchev–Trinajstić information content (AvgIpc) is 2.37. The zero-order valence-electron chi connectivity index (χ0n) is 10.9. The summed E-state index contributed by atoms with van der Waals surface area (Å²) in [5.74, 6) is 0. The quantitative estimate of drug-likeness (QED) is 0.492. The van der Waals surface area contributed by atoms with Crippen molar-refractivity contribution in [2.45, 2.75) is 31.3 Å². The molecule has 0 radical (unpaired) electrons. The number of nitrogens with zero attached hydrogens (tertiary/aromatic N) is 1. The van der Waals surface area contributed by atoms with E-state index in [-0.39, 0.29) is 11.3 Å². The van der Waals surface area contributed by atoms with E-state index in [1.807, 2.05) is 6.92 Å². The molecule has 0 aromatic heterocycles. The van der Waals surface area contributed by atoms with Crippen molar-refractivity contribution in [1.82, 2.24) is 0 Å². The molecular weight excluding hydrogens is 266 g/mol. The van der Waals surface area contributed by atoms with Crippen molar-refractivity contribution in [2.75, 3.05) is 0 Å². The van der Waals surface area contributed by atoms with E-state index in [9.17, 15) is 13.5 Å². The van der Waals surface area contributed by atoms with Gasteiger partial charge in [-0.3, -0.25) is 4.28 Å². The molecule has 0 heterocycles. The highest BCUT2D eigenvalue weighted by molar-refractivity contribution is 7.86. The predicted molar refractivity (Wildman–Crippen MR) is 73.4 cm³/mol. The van der Waals surface area contributed by atoms with E-state index >= 15 is 0 Å². The molecule has 1 aromatic rings. The van der Waals surface area contributed by atoms with Gasteiger partial charge in [-0.25, -0.2) is 0 Å². The lowest BCUT2D eigenvalue weighted by molar-refractivity contribution is 0.230. The number of hydrogen-bond donors (Lipinski definition) is 1. The lowest BCUT2D eigenvalue weighted by atomic mass is 10.2. The van der Waals surface area contributed by atoms with Gasteiger partial charge in [-0.1, -0.05) is 28.9 Å². The number of aryl methyl sites for hydroxylation is 1. The summed E-state index contributed by atoms with van der Waals surface area (Å²) in [4.78, 5) is 0.0407. The Labute approximate surface area is 113 Å². The number of hydrogen-bond acceptors (Lipinski definition) is 5. The van der Waals surface area contributed by atoms with Gasteiger partial charge in [0.2, 0.25) is 0 Å². The number of rotatable bonds is 6. The zero-order valence-corrected chi connectivity index (χ0v) is 11.7. The van der Waals surface area contributed by atoms with E-state index in [4.69, 9.17) is 0 Å². The summed E-state index contributed by atoms with van der Waals surface area (Å²) in [5, 5.41) is 12.8. The third kappa shape index (κ3) is 4.84. The first kappa shape index (κ1) is 15.4. The van der Waals surface area contributed by atoms with Crippen molar-refractivity contribution in [3.05, 3.63) is 42.5 Å². The molecule has 1 atom stereocenters. The van der Waals surface area contributed by atoms with E-state index in [0.717, 1.165) is 5.56 Å². The Morgan fingerprint density at radius 3 is 2.58 bits per heavy atom. The summed E-state index contributed by atoms with van der Waals surface area (Å²) in [6.07, 6.45) is 0.745. The van der Waals surface area contributed by atoms with Crippen molar-refractivity contribution >= 4 is 15.8 Å². The van der Waals surface area contributed by atoms with Gasteiger partial charge in [0.1, 0.15) is 4.90 Å². The van der Waals surface area contributed by atoms with Gasteiger partial charge in [0.25, 0.3) is 0 Å². The van der Waals surface area contributed by atoms with Gasteiger partial charge in [-0.05, 0) is 26.0 Å². The molecule has 1 aromatic carbocycles. The van der Waals surface area contributed by atoms with Crippen LogP contribution in [0.25, 0.3) is 0 Å². The van der Waals surface area contributed by atoms with Crippen LogP contribution in [0, 0.1) is 6.92 Å². The predicted octanol–water partition coefficient (Wildman–Crippen LogP) is 2.01. The second-order valence-corrected chi connectivity index (χ2v) is 5.70. The first-order valence-corrected chi connectivity index (χ1v) is 7.10. The maximum Gasteiger partial charge on any atom is 0.358 e. The highest BCUT2D eigenvalue weighted by Crippen LogP contribution is 2.13. The molecule has 0 fully saturated rings. The van der Waals surface area contributed by atoms with Crippen molar-refractivity contribution in [1.29, 1.82) is 0 Å². The van der Waals surface area contributed by atoms with Crippen LogP contribution < -0.4 is 0 Å². The van der Waals surface area contributed by atoms with Crippen LogP contribution in [0.3, 0.4) is 0 Å². The van der Waals surface area contributed by atoms with Crippen LogP contribution in [-0.4, -0.2) is 25.3 Å². The van der Waals surface area contributed by atoms with Gasteiger partial charge in [-0.2, -0.15) is 8.42 Å². The molecule has 104 valence electrons. The van der Waals surface area contributed by atoms with Crippen molar-refractivity contribution < 1.29 is 17.8 Å². The molecule has 0 aliphatic rings. The van der Waals surface area contributed by atoms with E-state index < -0.39 is 16.2 Å². The standard InChI is InChI=1S/C13H17NO4S/c1-4-12(15)9-11(3)14-18-19(16,17)13-7-5-10(2)6-8-13/h4-8,12,15H,1,9H2,2-3H3. The summed E-state index contributed by atoms with van der Waals surface area (Å²) >= 11 is 0. The monoisotopic (exact) mass is 283 g/mol. The van der Waals surface area contributed by atoms with E-state index in [0.29, 0.717) is 5.71 Å². The van der Waals surface area contributed by atoms with Crippen LogP contribution in [0.1, 0.15) is 18.9 Å². The second kappa shape index (κ2) is 6.49. The Morgan fingerprint density at radius 1 is 1.47 bits per heavy atom. The van der Waals surface area contributed by atoms with Gasteiger partial charge in [0.15, 0.2) is 0 Å². The molecular formula is C13H17NO4S. The maximum atomic E-state index is 11.8. The topological polar surface area (TPSA) is 76.0 Å². The van der Waals surface area contributed by atoms with Crippen LogP contribution in [0.5, 0.6) is 0 Å². The van der Waals surface area contributed by atoms with Crippen molar-refractivity contribution in [2.24, 2.45) is 5.16 Å². The molecule has 1 N–H and O–H groups in total. The number of aliphatic hydroxyl groups is 1. The Balaban J connectivity index is 2.78. The van der Waals surface area contributed by atoms with Crippen LogP contribution in [-0.2, 0) is 14.4 Å². The third-order valence-electron chi connectivity index (χ3n) is 2.38. The average molecular weight is 283 g/mol. The summed E-state index contributed by atoms with van der Waals surface area (Å²) in [6, 6.07) is 6.25. The Hall–Kier alpha value is -1.66. The summed E-state index contributed by atoms with van der Waals surface area (Å²) in [6.45, 7) is 6.84. The number of aliphatic hydroxyl groups excluding tert-OH is 1. The van der Waals surface area contributed by atoms with E-state index in [1.165, 1.54) is 18.2 Å². The highest BCUT2D eigenvalue weighted by Gasteiger charge is 2.15. The summed E-state index contributed by atoms with van der Waals surface area (Å²) < 4.78 is 28.2. The zero-order chi connectivity index (χ0) is 14.5. The van der Waals surface area contributed by atoms with E-state index in [1.54, 1.807) is 19.1 Å². The van der Waals surface area contributed by atoms with Gasteiger partial charge >= 0.3 is 10.1 Å². The largest absolute Gasteiger partial charge is 0.389 e. The number of oxime groups is 1. The minimum Gasteiger partial charge on any atom is -0.389 e. The molecule has 0 spiro atoms. The minimum atomic E-state index is -3.91. The van der Waals surface area contributed by atoms with Crippen molar-refractivity contribution in [3.8, 4) is 0 Å². The Kier molecular flexibility index (Phi) is 5.26. The summed E-state index contributed by atoms with van der Waals surface area (Å²) in [5.41, 5.74) is 1.32. The molecule has 0 aliphatic heterocycles. The van der Waals surface area contributed by atoms with Crippen LogP contribution in [0.2, 0.25) is 0 Å². The molecule has 6 heteroatoms. The molecule has 1 unspecified atom stereocenters. The van der Waals surface area contributed by atoms with Gasteiger partial charge in [0.05, 0.1) is 11.8 Å². The summed E-state index contributed by atoms with van der Waals surface area (Å²) in [7, 11) is -3.91. The smallest absolute Gasteiger partial charge is 0.358 e. The molecule has 0 aliphatic carbocycles. The molecule has 0 amide bonds. The van der Waals surface area contributed by atoms with Crippen LogP contribution in [0.4, 0.5) is 0 Å².